The third-order valence-electron chi connectivity index (χ3n) is 1.58. The first-order valence-corrected chi connectivity index (χ1v) is 3.97. The van der Waals surface area contributed by atoms with Crippen molar-refractivity contribution in [1.29, 1.82) is 0 Å². The Bertz CT molecular complexity index is 279. The van der Waals surface area contributed by atoms with Crippen LogP contribution in [-0.4, -0.2) is 21.3 Å². The van der Waals surface area contributed by atoms with Gasteiger partial charge in [-0.2, -0.15) is 5.10 Å². The fourth-order valence-corrected chi connectivity index (χ4v) is 1.01. The smallest absolute Gasteiger partial charge is 0.194 e. The van der Waals surface area contributed by atoms with Crippen LogP contribution in [0, 0.1) is 4.77 Å². The Morgan fingerprint density at radius 3 is 2.75 bits per heavy atom. The van der Waals surface area contributed by atoms with Crippen LogP contribution in [0.5, 0.6) is 0 Å². The fraction of sp³-hybridized carbons (Fsp3) is 0.667. The number of nitrogens with two attached hydrogens (primary N) is 1. The van der Waals surface area contributed by atoms with Crippen molar-refractivity contribution in [3.63, 3.8) is 0 Å². The average molecular weight is 209 g/mol. The highest BCUT2D eigenvalue weighted by Crippen LogP contribution is 1.97. The van der Waals surface area contributed by atoms with Gasteiger partial charge < -0.3 is 10.3 Å². The molecule has 1 rings (SSSR count). The summed E-state index contributed by atoms with van der Waals surface area (Å²) < 4.78 is 2.53. The maximum absolute atomic E-state index is 5.36. The van der Waals surface area contributed by atoms with Crippen molar-refractivity contribution >= 4 is 24.6 Å². The molecule has 0 fully saturated rings. The topological polar surface area (TPSA) is 59.6 Å². The van der Waals surface area contributed by atoms with Gasteiger partial charge in [0.25, 0.3) is 0 Å². The summed E-state index contributed by atoms with van der Waals surface area (Å²) in [6, 6.07) is 0. The summed E-state index contributed by atoms with van der Waals surface area (Å²) in [5.41, 5.74) is 5.36. The maximum Gasteiger partial charge on any atom is 0.194 e. The molecule has 0 spiro atoms. The number of aromatic nitrogens is 3. The normalized spacial score (nSPS) is 9.50. The molecule has 1 heterocycles. The van der Waals surface area contributed by atoms with Crippen LogP contribution < -0.4 is 5.73 Å². The highest BCUT2D eigenvalue weighted by molar-refractivity contribution is 7.71. The third-order valence-corrected chi connectivity index (χ3v) is 1.94. The van der Waals surface area contributed by atoms with Gasteiger partial charge >= 0.3 is 0 Å². The van der Waals surface area contributed by atoms with Gasteiger partial charge in [-0.15, -0.1) is 12.4 Å². The van der Waals surface area contributed by atoms with E-state index in [-0.39, 0.29) is 12.4 Å². The number of hydrogen-bond donors (Lipinski definition) is 2. The van der Waals surface area contributed by atoms with Crippen molar-refractivity contribution in [1.82, 2.24) is 14.8 Å². The van der Waals surface area contributed by atoms with E-state index in [0.717, 1.165) is 18.7 Å². The third kappa shape index (κ3) is 2.58. The summed E-state index contributed by atoms with van der Waals surface area (Å²) in [7, 11) is 1.90. The van der Waals surface area contributed by atoms with Crippen LogP contribution in [0.1, 0.15) is 12.2 Å². The zero-order valence-electron chi connectivity index (χ0n) is 6.91. The molecule has 0 aliphatic carbocycles. The van der Waals surface area contributed by atoms with E-state index in [1.165, 1.54) is 0 Å². The lowest BCUT2D eigenvalue weighted by molar-refractivity contribution is 0.726. The van der Waals surface area contributed by atoms with E-state index in [0.29, 0.717) is 11.3 Å². The van der Waals surface area contributed by atoms with Crippen LogP contribution in [0.25, 0.3) is 0 Å². The van der Waals surface area contributed by atoms with Crippen LogP contribution in [0.15, 0.2) is 0 Å². The zero-order valence-corrected chi connectivity index (χ0v) is 8.54. The summed E-state index contributed by atoms with van der Waals surface area (Å²) in [5, 5.41) is 6.76. The maximum atomic E-state index is 5.36. The first-order chi connectivity index (χ1) is 5.25. The molecular formula is C6H13ClN4S. The molecular weight excluding hydrogens is 196 g/mol. The molecule has 3 N–H and O–H groups in total. The number of aryl methyl sites for hydroxylation is 1. The molecule has 70 valence electrons. The van der Waals surface area contributed by atoms with Crippen molar-refractivity contribution in [2.24, 2.45) is 12.8 Å². The van der Waals surface area contributed by atoms with Crippen LogP contribution in [-0.2, 0) is 13.5 Å². The van der Waals surface area contributed by atoms with Crippen LogP contribution in [0.2, 0.25) is 0 Å². The molecule has 0 saturated carbocycles. The van der Waals surface area contributed by atoms with Gasteiger partial charge in [-0.3, -0.25) is 5.10 Å². The van der Waals surface area contributed by atoms with Gasteiger partial charge in [0.1, 0.15) is 5.82 Å². The molecule has 1 aromatic rings. The minimum atomic E-state index is 0. The largest absolute Gasteiger partial charge is 0.330 e. The molecule has 4 nitrogen and oxygen atoms in total. The quantitative estimate of drug-likeness (QED) is 0.723. The summed E-state index contributed by atoms with van der Waals surface area (Å²) in [4.78, 5) is 0. The number of aromatic amines is 1. The lowest BCUT2D eigenvalue weighted by Crippen LogP contribution is -2.04. The monoisotopic (exact) mass is 208 g/mol. The van der Waals surface area contributed by atoms with Crippen molar-refractivity contribution in [2.75, 3.05) is 6.54 Å². The van der Waals surface area contributed by atoms with Gasteiger partial charge in [0.15, 0.2) is 4.77 Å². The summed E-state index contributed by atoms with van der Waals surface area (Å²) >= 11 is 4.94. The van der Waals surface area contributed by atoms with Gasteiger partial charge in [0.05, 0.1) is 0 Å². The van der Waals surface area contributed by atoms with E-state index in [4.69, 9.17) is 18.0 Å². The second kappa shape index (κ2) is 5.29. The fourth-order valence-electron chi connectivity index (χ4n) is 0.863. The van der Waals surface area contributed by atoms with Gasteiger partial charge in [0.2, 0.25) is 0 Å². The van der Waals surface area contributed by atoms with E-state index in [1.807, 2.05) is 11.6 Å². The molecule has 0 saturated heterocycles. The Morgan fingerprint density at radius 1 is 1.67 bits per heavy atom. The lowest BCUT2D eigenvalue weighted by Gasteiger charge is -1.96. The van der Waals surface area contributed by atoms with Crippen LogP contribution in [0.4, 0.5) is 0 Å². The minimum absolute atomic E-state index is 0. The number of nitrogens with zero attached hydrogens (tertiary/aromatic N) is 2. The molecule has 0 aliphatic heterocycles. The molecule has 0 atom stereocenters. The molecule has 1 aromatic heterocycles. The molecule has 6 heteroatoms. The molecule has 0 amide bonds. The standard InChI is InChI=1S/C6H12N4S.ClH/c1-10-5(3-2-4-7)8-9-6(10)11;/h2-4,7H2,1H3,(H,9,11);1H. The molecule has 0 aliphatic rings. The van der Waals surface area contributed by atoms with Crippen molar-refractivity contribution in [2.45, 2.75) is 12.8 Å². The predicted octanol–water partition coefficient (Wildman–Crippen LogP) is 0.791. The Balaban J connectivity index is 0.00000121. The Hall–Kier alpha value is -0.390. The lowest BCUT2D eigenvalue weighted by atomic mass is 10.3. The minimum Gasteiger partial charge on any atom is -0.330 e. The molecule has 0 radical (unpaired) electrons. The van der Waals surface area contributed by atoms with Gasteiger partial charge in [-0.25, -0.2) is 0 Å². The Morgan fingerprint density at radius 2 is 2.33 bits per heavy atom. The summed E-state index contributed by atoms with van der Waals surface area (Å²) in [6.45, 7) is 0.694. The molecule has 12 heavy (non-hydrogen) atoms. The number of hydrogen-bond acceptors (Lipinski definition) is 3. The molecule has 0 aromatic carbocycles. The summed E-state index contributed by atoms with van der Waals surface area (Å²) in [5.74, 6) is 0.973. The van der Waals surface area contributed by atoms with E-state index in [2.05, 4.69) is 10.2 Å². The van der Waals surface area contributed by atoms with Gasteiger partial charge in [0, 0.05) is 13.5 Å². The van der Waals surface area contributed by atoms with Crippen molar-refractivity contribution < 1.29 is 0 Å². The van der Waals surface area contributed by atoms with Crippen molar-refractivity contribution in [3.05, 3.63) is 10.6 Å². The number of rotatable bonds is 3. The SMILES string of the molecule is Cl.Cn1c(CCCN)n[nH]c1=S. The second-order valence-electron chi connectivity index (χ2n) is 2.40. The second-order valence-corrected chi connectivity index (χ2v) is 2.78. The first-order valence-electron chi connectivity index (χ1n) is 3.56. The highest BCUT2D eigenvalue weighted by atomic mass is 35.5. The molecule has 0 unspecified atom stereocenters. The van der Waals surface area contributed by atoms with Gasteiger partial charge in [-0.05, 0) is 25.2 Å². The van der Waals surface area contributed by atoms with Crippen molar-refractivity contribution in [3.8, 4) is 0 Å². The number of H-pyrrole nitrogens is 1. The predicted molar refractivity (Wildman–Crippen MR) is 53.0 cm³/mol. The molecule has 0 bridgehead atoms. The summed E-state index contributed by atoms with van der Waals surface area (Å²) in [6.07, 6.45) is 1.84. The number of nitrogens with one attached hydrogen (secondary N) is 1. The Labute approximate surface area is 82.6 Å². The van der Waals surface area contributed by atoms with Crippen LogP contribution in [0.3, 0.4) is 0 Å². The number of halogens is 1. The van der Waals surface area contributed by atoms with E-state index in [1.54, 1.807) is 0 Å². The van der Waals surface area contributed by atoms with E-state index < -0.39 is 0 Å². The first kappa shape index (κ1) is 11.6. The highest BCUT2D eigenvalue weighted by Gasteiger charge is 1.99. The van der Waals surface area contributed by atoms with Gasteiger partial charge in [-0.1, -0.05) is 0 Å². The zero-order chi connectivity index (χ0) is 8.27. The van der Waals surface area contributed by atoms with E-state index in [9.17, 15) is 0 Å². The average Bonchev–Trinajstić information content (AvgIpc) is 2.31. The Kier molecular flexibility index (Phi) is 5.12. The van der Waals surface area contributed by atoms with Crippen LogP contribution >= 0.6 is 24.6 Å². The van der Waals surface area contributed by atoms with E-state index >= 15 is 0 Å².